The van der Waals surface area contributed by atoms with E-state index in [4.69, 9.17) is 16.9 Å². The molecule has 0 N–H and O–H groups in total. The Kier molecular flexibility index (Phi) is 6.01. The zero-order valence-corrected chi connectivity index (χ0v) is 18.3. The molecule has 3 amide bonds. The minimum atomic E-state index is -1.10. The summed E-state index contributed by atoms with van der Waals surface area (Å²) in [7, 11) is 0. The van der Waals surface area contributed by atoms with Gasteiger partial charge in [-0.25, -0.2) is 4.90 Å². The van der Waals surface area contributed by atoms with Crippen molar-refractivity contribution < 1.29 is 19.3 Å². The second-order valence-corrected chi connectivity index (χ2v) is 8.62. The summed E-state index contributed by atoms with van der Waals surface area (Å²) in [5.41, 5.74) is -0.662. The van der Waals surface area contributed by atoms with Crippen LogP contribution in [0.2, 0.25) is 5.02 Å². The molecule has 1 aliphatic heterocycles. The third kappa shape index (κ3) is 4.18. The predicted octanol–water partition coefficient (Wildman–Crippen LogP) is 3.69. The minimum absolute atomic E-state index is 0.0203. The first-order valence-electron chi connectivity index (χ1n) is 9.60. The van der Waals surface area contributed by atoms with Crippen LogP contribution in [-0.4, -0.2) is 39.1 Å². The molecule has 2 aromatic rings. The van der Waals surface area contributed by atoms with E-state index in [1.165, 1.54) is 41.3 Å². The van der Waals surface area contributed by atoms with Crippen LogP contribution in [0, 0.1) is 21.4 Å². The van der Waals surface area contributed by atoms with Crippen LogP contribution in [0.4, 0.5) is 11.4 Å². The van der Waals surface area contributed by atoms with Gasteiger partial charge in [-0.2, -0.15) is 5.26 Å². The predicted molar refractivity (Wildman–Crippen MR) is 116 cm³/mol. The number of carbonyl (C=O) groups is 3. The number of nitro benzene ring substituents is 1. The van der Waals surface area contributed by atoms with Gasteiger partial charge in [-0.1, -0.05) is 11.6 Å². The highest BCUT2D eigenvalue weighted by molar-refractivity contribution is 6.32. The summed E-state index contributed by atoms with van der Waals surface area (Å²) in [5.74, 6) is -1.72. The van der Waals surface area contributed by atoms with E-state index in [0.29, 0.717) is 11.3 Å². The number of imide groups is 1. The lowest BCUT2D eigenvalue weighted by Crippen LogP contribution is -2.54. The topological polar surface area (TPSA) is 125 Å². The molecule has 1 fully saturated rings. The Bertz CT molecular complexity index is 1160. The molecule has 2 aromatic carbocycles. The van der Waals surface area contributed by atoms with Crippen molar-refractivity contribution in [1.82, 2.24) is 4.90 Å². The SMILES string of the molecule is CC(C)(C)N(C(=O)c1ccc(Cl)c([N+](=O)[O-])c1)C1CC(=O)N(c2ccc(C#N)cc2)C1=O. The van der Waals surface area contributed by atoms with Crippen molar-refractivity contribution in [3.63, 3.8) is 0 Å². The van der Waals surface area contributed by atoms with Crippen LogP contribution >= 0.6 is 11.6 Å². The molecule has 164 valence electrons. The van der Waals surface area contributed by atoms with E-state index in [1.54, 1.807) is 20.8 Å². The van der Waals surface area contributed by atoms with E-state index in [0.717, 1.165) is 11.0 Å². The van der Waals surface area contributed by atoms with Gasteiger partial charge in [-0.05, 0) is 57.2 Å². The summed E-state index contributed by atoms with van der Waals surface area (Å²) in [4.78, 5) is 52.1. The summed E-state index contributed by atoms with van der Waals surface area (Å²) in [6, 6.07) is 10.5. The molecule has 10 heteroatoms. The van der Waals surface area contributed by atoms with E-state index in [1.807, 2.05) is 6.07 Å². The number of nitriles is 1. The number of carbonyl (C=O) groups excluding carboxylic acids is 3. The molecule has 9 nitrogen and oxygen atoms in total. The Morgan fingerprint density at radius 2 is 1.84 bits per heavy atom. The van der Waals surface area contributed by atoms with E-state index >= 15 is 0 Å². The van der Waals surface area contributed by atoms with Crippen LogP contribution < -0.4 is 4.90 Å². The molecule has 0 aliphatic carbocycles. The molecule has 0 saturated carbocycles. The number of amides is 3. The van der Waals surface area contributed by atoms with Crippen molar-refractivity contribution in [2.75, 3.05) is 4.90 Å². The Balaban J connectivity index is 2.00. The number of rotatable bonds is 4. The van der Waals surface area contributed by atoms with Gasteiger partial charge >= 0.3 is 0 Å². The molecule has 1 unspecified atom stereocenters. The van der Waals surface area contributed by atoms with E-state index in [9.17, 15) is 24.5 Å². The summed E-state index contributed by atoms with van der Waals surface area (Å²) < 4.78 is 0. The smallest absolute Gasteiger partial charge is 0.288 e. The second-order valence-electron chi connectivity index (χ2n) is 8.22. The van der Waals surface area contributed by atoms with Crippen LogP contribution in [0.3, 0.4) is 0 Å². The number of nitro groups is 1. The van der Waals surface area contributed by atoms with Crippen molar-refractivity contribution in [2.45, 2.75) is 38.8 Å². The maximum atomic E-state index is 13.4. The molecule has 3 rings (SSSR count). The lowest BCUT2D eigenvalue weighted by atomic mass is 9.99. The maximum absolute atomic E-state index is 13.4. The average molecular weight is 455 g/mol. The van der Waals surface area contributed by atoms with Crippen LogP contribution in [0.5, 0.6) is 0 Å². The summed E-state index contributed by atoms with van der Waals surface area (Å²) in [5, 5.41) is 20.1. The normalized spacial score (nSPS) is 16.1. The van der Waals surface area contributed by atoms with Gasteiger partial charge in [0, 0.05) is 17.2 Å². The molecule has 1 saturated heterocycles. The lowest BCUT2D eigenvalue weighted by Gasteiger charge is -2.39. The van der Waals surface area contributed by atoms with Gasteiger partial charge in [0.2, 0.25) is 5.91 Å². The monoisotopic (exact) mass is 454 g/mol. The fourth-order valence-corrected chi connectivity index (χ4v) is 3.80. The maximum Gasteiger partial charge on any atom is 0.288 e. The van der Waals surface area contributed by atoms with Crippen LogP contribution in [-0.2, 0) is 9.59 Å². The average Bonchev–Trinajstić information content (AvgIpc) is 3.00. The van der Waals surface area contributed by atoms with Gasteiger partial charge in [0.05, 0.1) is 28.7 Å². The van der Waals surface area contributed by atoms with Gasteiger partial charge in [-0.15, -0.1) is 0 Å². The quantitative estimate of drug-likeness (QED) is 0.394. The van der Waals surface area contributed by atoms with E-state index < -0.39 is 39.9 Å². The zero-order valence-electron chi connectivity index (χ0n) is 17.5. The van der Waals surface area contributed by atoms with Crippen molar-refractivity contribution >= 4 is 40.7 Å². The van der Waals surface area contributed by atoms with Gasteiger partial charge in [0.25, 0.3) is 17.5 Å². The first-order chi connectivity index (χ1) is 15.0. The standard InChI is InChI=1S/C22H19ClN4O5/c1-22(2,3)26(20(29)14-6-9-16(23)17(10-14)27(31)32)18-11-19(28)25(21(18)30)15-7-4-13(12-24)5-8-15/h4-10,18H,11H2,1-3H3. The number of hydrogen-bond acceptors (Lipinski definition) is 6. The van der Waals surface area contributed by atoms with Crippen molar-refractivity contribution in [1.29, 1.82) is 5.26 Å². The first kappa shape index (κ1) is 22.9. The van der Waals surface area contributed by atoms with Gasteiger partial charge in [0.15, 0.2) is 0 Å². The highest BCUT2D eigenvalue weighted by Crippen LogP contribution is 2.32. The number of benzene rings is 2. The molecule has 1 heterocycles. The van der Waals surface area contributed by atoms with Crippen LogP contribution in [0.15, 0.2) is 42.5 Å². The van der Waals surface area contributed by atoms with Crippen molar-refractivity contribution in [3.8, 4) is 6.07 Å². The Labute approximate surface area is 188 Å². The lowest BCUT2D eigenvalue weighted by molar-refractivity contribution is -0.384. The molecule has 0 aromatic heterocycles. The Hall–Kier alpha value is -3.77. The molecule has 0 spiro atoms. The fourth-order valence-electron chi connectivity index (χ4n) is 3.61. The van der Waals surface area contributed by atoms with Crippen LogP contribution in [0.1, 0.15) is 43.1 Å². The molecular weight excluding hydrogens is 436 g/mol. The van der Waals surface area contributed by atoms with Gasteiger partial charge in [0.1, 0.15) is 11.1 Å². The minimum Gasteiger partial charge on any atom is -0.321 e. The molecule has 32 heavy (non-hydrogen) atoms. The summed E-state index contributed by atoms with van der Waals surface area (Å²) in [6.07, 6.45) is -0.239. The molecule has 1 atom stereocenters. The Morgan fingerprint density at radius 1 is 1.22 bits per heavy atom. The van der Waals surface area contributed by atoms with Crippen LogP contribution in [0.25, 0.3) is 0 Å². The number of nitrogens with zero attached hydrogens (tertiary/aromatic N) is 4. The fraction of sp³-hybridized carbons (Fsp3) is 0.273. The highest BCUT2D eigenvalue weighted by Gasteiger charge is 2.47. The van der Waals surface area contributed by atoms with Crippen molar-refractivity contribution in [2.24, 2.45) is 0 Å². The highest BCUT2D eigenvalue weighted by atomic mass is 35.5. The largest absolute Gasteiger partial charge is 0.321 e. The molecule has 1 aliphatic rings. The second kappa shape index (κ2) is 8.40. The zero-order chi connectivity index (χ0) is 23.8. The summed E-state index contributed by atoms with van der Waals surface area (Å²) >= 11 is 5.85. The number of halogens is 1. The van der Waals surface area contributed by atoms with Gasteiger partial charge in [-0.3, -0.25) is 24.5 Å². The molecule has 0 radical (unpaired) electrons. The van der Waals surface area contributed by atoms with E-state index in [2.05, 4.69) is 0 Å². The molecule has 0 bridgehead atoms. The number of anilines is 1. The Morgan fingerprint density at radius 3 is 2.38 bits per heavy atom. The third-order valence-corrected chi connectivity index (χ3v) is 5.34. The summed E-state index contributed by atoms with van der Waals surface area (Å²) in [6.45, 7) is 5.12. The van der Waals surface area contributed by atoms with Crippen molar-refractivity contribution in [3.05, 3.63) is 68.7 Å². The first-order valence-corrected chi connectivity index (χ1v) is 9.98. The van der Waals surface area contributed by atoms with E-state index in [-0.39, 0.29) is 17.0 Å². The van der Waals surface area contributed by atoms with Gasteiger partial charge < -0.3 is 4.90 Å². The third-order valence-electron chi connectivity index (χ3n) is 5.02. The number of hydrogen-bond donors (Lipinski definition) is 0. The molecular formula is C22H19ClN4O5.